The number of hydrogen-bond acceptors (Lipinski definition) is 6. The van der Waals surface area contributed by atoms with Gasteiger partial charge in [0.1, 0.15) is 0 Å². The van der Waals surface area contributed by atoms with Gasteiger partial charge in [0.2, 0.25) is 18.7 Å². The second-order valence-electron chi connectivity index (χ2n) is 7.58. The molecule has 0 aliphatic carbocycles. The van der Waals surface area contributed by atoms with Gasteiger partial charge < -0.3 is 24.8 Å². The topological polar surface area (TPSA) is 110 Å². The molecule has 0 saturated carbocycles. The highest BCUT2D eigenvalue weighted by Gasteiger charge is 2.17. The number of benzene rings is 2. The summed E-state index contributed by atoms with van der Waals surface area (Å²) in [7, 11) is 0. The van der Waals surface area contributed by atoms with Crippen LogP contribution < -0.4 is 25.4 Å². The standard InChI is InChI=1S/C23H26N4O5/c1-15(28)24-12-16-4-6-17(7-5-16)22(29)27-23(25-13-19-3-2-10-30-19)26-18-8-9-20-21(11-18)32-14-31-20/h4-9,11,19H,2-3,10,12-14H2,1H3,(H,24,28)(H2,25,26,27,29)/t19-/m1/s1. The van der Waals surface area contributed by atoms with Gasteiger partial charge in [0.05, 0.1) is 12.6 Å². The molecule has 2 aromatic carbocycles. The fraction of sp³-hybridized carbons (Fsp3) is 0.348. The highest BCUT2D eigenvalue weighted by atomic mass is 16.7. The molecule has 0 radical (unpaired) electrons. The van der Waals surface area contributed by atoms with E-state index in [4.69, 9.17) is 14.2 Å². The van der Waals surface area contributed by atoms with Gasteiger partial charge in [0.25, 0.3) is 5.91 Å². The maximum absolute atomic E-state index is 12.8. The van der Waals surface area contributed by atoms with Gasteiger partial charge in [0.15, 0.2) is 11.5 Å². The van der Waals surface area contributed by atoms with Crippen molar-refractivity contribution < 1.29 is 23.8 Å². The van der Waals surface area contributed by atoms with Crippen molar-refractivity contribution in [2.24, 2.45) is 4.99 Å². The Hall–Kier alpha value is -3.59. The molecule has 168 valence electrons. The van der Waals surface area contributed by atoms with E-state index in [-0.39, 0.29) is 24.7 Å². The van der Waals surface area contributed by atoms with Crippen LogP contribution in [-0.2, 0) is 16.1 Å². The SMILES string of the molecule is CC(=O)NCc1ccc(C(=O)NC(=NC[C@H]2CCCO2)Nc2ccc3c(c2)OCO3)cc1. The van der Waals surface area contributed by atoms with Gasteiger partial charge in [-0.2, -0.15) is 0 Å². The third-order valence-corrected chi connectivity index (χ3v) is 5.10. The van der Waals surface area contributed by atoms with Crippen molar-refractivity contribution in [3.05, 3.63) is 53.6 Å². The van der Waals surface area contributed by atoms with Crippen LogP contribution in [0.25, 0.3) is 0 Å². The lowest BCUT2D eigenvalue weighted by molar-refractivity contribution is -0.119. The minimum absolute atomic E-state index is 0.0496. The minimum Gasteiger partial charge on any atom is -0.454 e. The Bertz CT molecular complexity index is 1000. The Morgan fingerprint density at radius 3 is 2.66 bits per heavy atom. The van der Waals surface area contributed by atoms with Gasteiger partial charge in [-0.1, -0.05) is 12.1 Å². The first-order valence-corrected chi connectivity index (χ1v) is 10.5. The van der Waals surface area contributed by atoms with Gasteiger partial charge in [-0.25, -0.2) is 4.99 Å². The molecule has 4 rings (SSSR count). The van der Waals surface area contributed by atoms with Crippen LogP contribution in [0.1, 0.15) is 35.7 Å². The number of hydrogen-bond donors (Lipinski definition) is 3. The van der Waals surface area contributed by atoms with Crippen molar-refractivity contribution in [1.29, 1.82) is 0 Å². The number of carbonyl (C=O) groups is 2. The first kappa shape index (κ1) is 21.6. The van der Waals surface area contributed by atoms with Gasteiger partial charge in [0, 0.05) is 37.4 Å². The lowest BCUT2D eigenvalue weighted by Gasteiger charge is -2.14. The Morgan fingerprint density at radius 2 is 1.91 bits per heavy atom. The predicted molar refractivity (Wildman–Crippen MR) is 119 cm³/mol. The molecule has 1 fully saturated rings. The summed E-state index contributed by atoms with van der Waals surface area (Å²) in [6, 6.07) is 12.5. The van der Waals surface area contributed by atoms with E-state index in [2.05, 4.69) is 20.9 Å². The van der Waals surface area contributed by atoms with E-state index in [1.54, 1.807) is 36.4 Å². The first-order chi connectivity index (χ1) is 15.6. The normalized spacial score (nSPS) is 17.2. The van der Waals surface area contributed by atoms with E-state index in [0.29, 0.717) is 41.8 Å². The Morgan fingerprint density at radius 1 is 1.09 bits per heavy atom. The highest BCUT2D eigenvalue weighted by molar-refractivity contribution is 6.10. The van der Waals surface area contributed by atoms with E-state index in [1.807, 2.05) is 6.07 Å². The van der Waals surface area contributed by atoms with Crippen molar-refractivity contribution in [2.45, 2.75) is 32.4 Å². The predicted octanol–water partition coefficient (Wildman–Crippen LogP) is 2.43. The molecular formula is C23H26N4O5. The van der Waals surface area contributed by atoms with Crippen LogP contribution in [-0.4, -0.2) is 43.8 Å². The smallest absolute Gasteiger partial charge is 0.257 e. The van der Waals surface area contributed by atoms with Gasteiger partial charge in [-0.05, 0) is 42.7 Å². The van der Waals surface area contributed by atoms with E-state index < -0.39 is 0 Å². The third-order valence-electron chi connectivity index (χ3n) is 5.10. The van der Waals surface area contributed by atoms with E-state index in [1.165, 1.54) is 6.92 Å². The molecule has 2 aliphatic rings. The van der Waals surface area contributed by atoms with Crippen molar-refractivity contribution in [1.82, 2.24) is 10.6 Å². The van der Waals surface area contributed by atoms with Crippen LogP contribution in [0.4, 0.5) is 5.69 Å². The fourth-order valence-corrected chi connectivity index (χ4v) is 3.38. The number of guanidine groups is 1. The summed E-state index contributed by atoms with van der Waals surface area (Å²) < 4.78 is 16.4. The largest absolute Gasteiger partial charge is 0.454 e. The van der Waals surface area contributed by atoms with Gasteiger partial charge in [-0.3, -0.25) is 14.9 Å². The lowest BCUT2D eigenvalue weighted by Crippen LogP contribution is -2.36. The number of nitrogens with one attached hydrogen (secondary N) is 3. The Kier molecular flexibility index (Phi) is 6.86. The molecule has 2 heterocycles. The molecule has 1 saturated heterocycles. The number of nitrogens with zero attached hydrogens (tertiary/aromatic N) is 1. The summed E-state index contributed by atoms with van der Waals surface area (Å²) in [5.41, 5.74) is 2.10. The molecule has 3 N–H and O–H groups in total. The maximum atomic E-state index is 12.8. The number of fused-ring (bicyclic) bond motifs is 1. The number of ether oxygens (including phenoxy) is 3. The van der Waals surface area contributed by atoms with Crippen molar-refractivity contribution >= 4 is 23.5 Å². The number of rotatable bonds is 6. The zero-order valence-corrected chi connectivity index (χ0v) is 17.8. The number of carbonyl (C=O) groups excluding carboxylic acids is 2. The summed E-state index contributed by atoms with van der Waals surface area (Å²) in [5.74, 6) is 1.24. The van der Waals surface area contributed by atoms with Crippen LogP contribution in [0, 0.1) is 0 Å². The summed E-state index contributed by atoms with van der Waals surface area (Å²) >= 11 is 0. The Balaban J connectivity index is 1.44. The molecule has 32 heavy (non-hydrogen) atoms. The second kappa shape index (κ2) is 10.1. The highest BCUT2D eigenvalue weighted by Crippen LogP contribution is 2.34. The maximum Gasteiger partial charge on any atom is 0.257 e. The zero-order valence-electron chi connectivity index (χ0n) is 17.8. The van der Waals surface area contributed by atoms with E-state index in [0.717, 1.165) is 25.0 Å². The molecule has 0 aromatic heterocycles. The zero-order chi connectivity index (χ0) is 22.3. The van der Waals surface area contributed by atoms with Crippen molar-refractivity contribution in [3.63, 3.8) is 0 Å². The molecule has 0 spiro atoms. The Labute approximate surface area is 186 Å². The molecule has 0 unspecified atom stereocenters. The number of amides is 2. The van der Waals surface area contributed by atoms with Crippen molar-refractivity contribution in [2.75, 3.05) is 25.3 Å². The van der Waals surface area contributed by atoms with Crippen LogP contribution in [0.15, 0.2) is 47.5 Å². The fourth-order valence-electron chi connectivity index (χ4n) is 3.38. The molecule has 2 aromatic rings. The average Bonchev–Trinajstić information content (AvgIpc) is 3.48. The molecule has 0 bridgehead atoms. The summed E-state index contributed by atoms with van der Waals surface area (Å²) in [4.78, 5) is 28.4. The molecule has 9 heteroatoms. The molecule has 2 amide bonds. The van der Waals surface area contributed by atoms with Crippen LogP contribution in [0.2, 0.25) is 0 Å². The van der Waals surface area contributed by atoms with E-state index >= 15 is 0 Å². The second-order valence-corrected chi connectivity index (χ2v) is 7.58. The molecular weight excluding hydrogens is 412 g/mol. The average molecular weight is 438 g/mol. The first-order valence-electron chi connectivity index (χ1n) is 10.5. The summed E-state index contributed by atoms with van der Waals surface area (Å²) in [6.45, 7) is 3.25. The monoisotopic (exact) mass is 438 g/mol. The number of anilines is 1. The molecule has 9 nitrogen and oxygen atoms in total. The van der Waals surface area contributed by atoms with E-state index in [9.17, 15) is 9.59 Å². The lowest BCUT2D eigenvalue weighted by atomic mass is 10.1. The van der Waals surface area contributed by atoms with Crippen LogP contribution >= 0.6 is 0 Å². The minimum atomic E-state index is -0.296. The number of aliphatic imine (C=N–C) groups is 1. The summed E-state index contributed by atoms with van der Waals surface area (Å²) in [6.07, 6.45) is 2.01. The van der Waals surface area contributed by atoms with Gasteiger partial charge in [-0.15, -0.1) is 0 Å². The van der Waals surface area contributed by atoms with Crippen LogP contribution in [0.3, 0.4) is 0 Å². The summed E-state index contributed by atoms with van der Waals surface area (Å²) in [5, 5.41) is 8.73. The van der Waals surface area contributed by atoms with Crippen molar-refractivity contribution in [3.8, 4) is 11.5 Å². The third kappa shape index (κ3) is 5.76. The quantitative estimate of drug-likeness (QED) is 0.472. The molecule has 2 aliphatic heterocycles. The van der Waals surface area contributed by atoms with Gasteiger partial charge >= 0.3 is 0 Å². The van der Waals surface area contributed by atoms with Crippen LogP contribution in [0.5, 0.6) is 11.5 Å². The molecule has 1 atom stereocenters.